The molecular weight excluding hydrogens is 246 g/mol. The van der Waals surface area contributed by atoms with Gasteiger partial charge in [-0.25, -0.2) is 0 Å². The normalized spacial score (nSPS) is 10.9. The van der Waals surface area contributed by atoms with Crippen LogP contribution in [0.5, 0.6) is 0 Å². The maximum atomic E-state index is 5.60. The molecule has 1 aromatic heterocycles. The molecule has 108 valence electrons. The zero-order valence-corrected chi connectivity index (χ0v) is 12.6. The van der Waals surface area contributed by atoms with Crippen molar-refractivity contribution in [1.29, 1.82) is 0 Å². The van der Waals surface area contributed by atoms with Gasteiger partial charge in [-0.2, -0.15) is 0 Å². The Hall–Kier alpha value is -1.54. The Balaban J connectivity index is 2.05. The summed E-state index contributed by atoms with van der Waals surface area (Å²) in [6.07, 6.45) is 6.60. The van der Waals surface area contributed by atoms with E-state index in [2.05, 4.69) is 49.5 Å². The maximum Gasteiger partial charge on any atom is 0.125 e. The van der Waals surface area contributed by atoms with Crippen molar-refractivity contribution >= 4 is 0 Å². The molecule has 0 radical (unpaired) electrons. The molecule has 0 bridgehead atoms. The predicted molar refractivity (Wildman–Crippen MR) is 84.8 cm³/mol. The summed E-state index contributed by atoms with van der Waals surface area (Å²) in [7, 11) is 0. The van der Waals surface area contributed by atoms with E-state index < -0.39 is 0 Å². The van der Waals surface area contributed by atoms with Crippen molar-refractivity contribution < 1.29 is 4.42 Å². The van der Waals surface area contributed by atoms with Crippen LogP contribution < -0.4 is 5.32 Å². The number of unbranched alkanes of at least 4 members (excludes halogenated alkanes) is 1. The van der Waals surface area contributed by atoms with Gasteiger partial charge in [0.1, 0.15) is 5.76 Å². The van der Waals surface area contributed by atoms with Gasteiger partial charge in [-0.15, -0.1) is 0 Å². The van der Waals surface area contributed by atoms with E-state index >= 15 is 0 Å². The van der Waals surface area contributed by atoms with E-state index in [1.807, 2.05) is 0 Å². The zero-order chi connectivity index (χ0) is 14.2. The molecule has 0 unspecified atom stereocenters. The van der Waals surface area contributed by atoms with Gasteiger partial charge in [-0.05, 0) is 43.0 Å². The van der Waals surface area contributed by atoms with Crippen LogP contribution in [0.2, 0.25) is 0 Å². The maximum absolute atomic E-state index is 5.60. The second kappa shape index (κ2) is 7.91. The average molecular weight is 271 g/mol. The van der Waals surface area contributed by atoms with Gasteiger partial charge in [-0.3, -0.25) is 0 Å². The first kappa shape index (κ1) is 14.9. The van der Waals surface area contributed by atoms with Gasteiger partial charge in [0, 0.05) is 5.56 Å². The van der Waals surface area contributed by atoms with Crippen LogP contribution in [0, 0.1) is 0 Å². The molecule has 1 heterocycles. The summed E-state index contributed by atoms with van der Waals surface area (Å²) in [6.45, 7) is 6.23. The minimum atomic E-state index is 0.799. The number of hydrogen-bond acceptors (Lipinski definition) is 2. The molecule has 0 fully saturated rings. The van der Waals surface area contributed by atoms with Gasteiger partial charge >= 0.3 is 0 Å². The summed E-state index contributed by atoms with van der Waals surface area (Å²) in [5.41, 5.74) is 3.87. The lowest BCUT2D eigenvalue weighted by atomic mass is 10.0. The Morgan fingerprint density at radius 2 is 1.80 bits per heavy atom. The third kappa shape index (κ3) is 3.97. The number of aryl methyl sites for hydroxylation is 1. The highest BCUT2D eigenvalue weighted by atomic mass is 16.3. The smallest absolute Gasteiger partial charge is 0.125 e. The lowest BCUT2D eigenvalue weighted by Gasteiger charge is -2.06. The predicted octanol–water partition coefficient (Wildman–Crippen LogP) is 4.79. The zero-order valence-electron chi connectivity index (χ0n) is 12.6. The van der Waals surface area contributed by atoms with Gasteiger partial charge in [0.2, 0.25) is 0 Å². The van der Waals surface area contributed by atoms with Crippen LogP contribution in [-0.4, -0.2) is 6.54 Å². The van der Waals surface area contributed by atoms with Crippen molar-refractivity contribution in [2.24, 2.45) is 0 Å². The molecule has 0 aliphatic rings. The number of nitrogens with one attached hydrogen (secondary N) is 1. The van der Waals surface area contributed by atoms with E-state index in [9.17, 15) is 0 Å². The van der Waals surface area contributed by atoms with Crippen LogP contribution in [0.1, 0.15) is 44.4 Å². The molecule has 2 heteroatoms. The van der Waals surface area contributed by atoms with Crippen molar-refractivity contribution in [3.8, 4) is 11.1 Å². The highest BCUT2D eigenvalue weighted by Gasteiger charge is 2.08. The Kier molecular flexibility index (Phi) is 5.87. The molecule has 0 spiro atoms. The van der Waals surface area contributed by atoms with Crippen LogP contribution in [-0.2, 0) is 13.0 Å². The lowest BCUT2D eigenvalue weighted by Crippen LogP contribution is -2.13. The molecule has 2 rings (SSSR count). The SMILES string of the molecule is CCCCc1ccc(-c2ccoc2CNCCC)cc1. The van der Waals surface area contributed by atoms with Crippen LogP contribution in [0.4, 0.5) is 0 Å². The van der Waals surface area contributed by atoms with E-state index in [1.54, 1.807) is 6.26 Å². The highest BCUT2D eigenvalue weighted by molar-refractivity contribution is 5.65. The first-order valence-electron chi connectivity index (χ1n) is 7.71. The van der Waals surface area contributed by atoms with Gasteiger partial charge < -0.3 is 9.73 Å². The Morgan fingerprint density at radius 3 is 2.50 bits per heavy atom. The molecule has 1 aromatic carbocycles. The molecule has 0 saturated carbocycles. The van der Waals surface area contributed by atoms with Crippen molar-refractivity contribution in [2.45, 2.75) is 46.1 Å². The number of hydrogen-bond donors (Lipinski definition) is 1. The monoisotopic (exact) mass is 271 g/mol. The van der Waals surface area contributed by atoms with E-state index in [0.717, 1.165) is 25.3 Å². The third-order valence-corrected chi connectivity index (χ3v) is 3.54. The first-order valence-corrected chi connectivity index (χ1v) is 7.71. The summed E-state index contributed by atoms with van der Waals surface area (Å²) >= 11 is 0. The highest BCUT2D eigenvalue weighted by Crippen LogP contribution is 2.25. The molecular formula is C18H25NO. The van der Waals surface area contributed by atoms with E-state index in [4.69, 9.17) is 4.42 Å². The van der Waals surface area contributed by atoms with Gasteiger partial charge in [0.05, 0.1) is 12.8 Å². The standard InChI is InChI=1S/C18H25NO/c1-3-5-6-15-7-9-16(10-8-15)17-11-13-20-18(17)14-19-12-4-2/h7-11,13,19H,3-6,12,14H2,1-2H3. The lowest BCUT2D eigenvalue weighted by molar-refractivity contribution is 0.484. The summed E-state index contributed by atoms with van der Waals surface area (Å²) < 4.78 is 5.60. The fourth-order valence-electron chi connectivity index (χ4n) is 2.35. The fourth-order valence-corrected chi connectivity index (χ4v) is 2.35. The van der Waals surface area contributed by atoms with E-state index in [-0.39, 0.29) is 0 Å². The van der Waals surface area contributed by atoms with Gasteiger partial charge in [0.15, 0.2) is 0 Å². The van der Waals surface area contributed by atoms with E-state index in [1.165, 1.54) is 36.0 Å². The molecule has 0 aliphatic heterocycles. The Morgan fingerprint density at radius 1 is 1.00 bits per heavy atom. The third-order valence-electron chi connectivity index (χ3n) is 3.54. The second-order valence-electron chi connectivity index (χ2n) is 5.23. The van der Waals surface area contributed by atoms with Crippen LogP contribution in [0.15, 0.2) is 41.0 Å². The molecule has 1 N–H and O–H groups in total. The van der Waals surface area contributed by atoms with Crippen molar-refractivity contribution in [2.75, 3.05) is 6.54 Å². The van der Waals surface area contributed by atoms with Crippen molar-refractivity contribution in [3.63, 3.8) is 0 Å². The van der Waals surface area contributed by atoms with Crippen LogP contribution in [0.3, 0.4) is 0 Å². The minimum Gasteiger partial charge on any atom is -0.467 e. The Labute approximate surface area is 122 Å². The van der Waals surface area contributed by atoms with Crippen molar-refractivity contribution in [3.05, 3.63) is 47.9 Å². The minimum absolute atomic E-state index is 0.799. The molecule has 0 amide bonds. The van der Waals surface area contributed by atoms with Crippen LogP contribution in [0.25, 0.3) is 11.1 Å². The Bertz CT molecular complexity index is 498. The number of rotatable bonds is 8. The molecule has 20 heavy (non-hydrogen) atoms. The topological polar surface area (TPSA) is 25.2 Å². The fraction of sp³-hybridized carbons (Fsp3) is 0.444. The molecule has 0 atom stereocenters. The largest absolute Gasteiger partial charge is 0.467 e. The molecule has 2 aromatic rings. The summed E-state index contributed by atoms with van der Waals surface area (Å²) in [5.74, 6) is 1.03. The number of furan rings is 1. The van der Waals surface area contributed by atoms with E-state index in [0.29, 0.717) is 0 Å². The summed E-state index contributed by atoms with van der Waals surface area (Å²) in [4.78, 5) is 0. The van der Waals surface area contributed by atoms with Crippen LogP contribution >= 0.6 is 0 Å². The van der Waals surface area contributed by atoms with Gasteiger partial charge in [-0.1, -0.05) is 44.5 Å². The molecule has 0 saturated heterocycles. The van der Waals surface area contributed by atoms with Gasteiger partial charge in [0.25, 0.3) is 0 Å². The van der Waals surface area contributed by atoms with Crippen molar-refractivity contribution in [1.82, 2.24) is 5.32 Å². The second-order valence-corrected chi connectivity index (χ2v) is 5.23. The molecule has 0 aliphatic carbocycles. The summed E-state index contributed by atoms with van der Waals surface area (Å²) in [5, 5.41) is 3.39. The molecule has 2 nitrogen and oxygen atoms in total. The quantitative estimate of drug-likeness (QED) is 0.698. The average Bonchev–Trinajstić information content (AvgIpc) is 2.94. The first-order chi connectivity index (χ1) is 9.85. The summed E-state index contributed by atoms with van der Waals surface area (Å²) in [6, 6.07) is 10.9. The number of benzene rings is 1.